The molecule has 0 atom stereocenters. The van der Waals surface area contributed by atoms with Crippen molar-refractivity contribution < 1.29 is 0 Å². The molecule has 0 unspecified atom stereocenters. The first-order chi connectivity index (χ1) is 8.70. The van der Waals surface area contributed by atoms with Gasteiger partial charge in [-0.05, 0) is 31.9 Å². The predicted molar refractivity (Wildman–Crippen MR) is 73.5 cm³/mol. The van der Waals surface area contributed by atoms with Crippen LogP contribution in [0.4, 0.5) is 5.82 Å². The summed E-state index contributed by atoms with van der Waals surface area (Å²) >= 11 is 0. The average molecular weight is 242 g/mol. The van der Waals surface area contributed by atoms with Crippen molar-refractivity contribution in [2.75, 3.05) is 11.9 Å². The van der Waals surface area contributed by atoms with Gasteiger partial charge in [0, 0.05) is 36.3 Å². The van der Waals surface area contributed by atoms with E-state index in [0.717, 1.165) is 41.4 Å². The van der Waals surface area contributed by atoms with E-state index in [4.69, 9.17) is 0 Å². The summed E-state index contributed by atoms with van der Waals surface area (Å²) in [5.74, 6) is 1.61. The van der Waals surface area contributed by atoms with E-state index in [1.165, 1.54) is 0 Å². The minimum absolute atomic E-state index is 0.735. The van der Waals surface area contributed by atoms with E-state index in [-0.39, 0.29) is 0 Å². The Morgan fingerprint density at radius 1 is 1.22 bits per heavy atom. The fourth-order valence-corrected chi connectivity index (χ4v) is 1.73. The zero-order valence-corrected chi connectivity index (χ0v) is 11.1. The van der Waals surface area contributed by atoms with Crippen molar-refractivity contribution in [2.45, 2.75) is 27.2 Å². The van der Waals surface area contributed by atoms with Crippen LogP contribution in [-0.2, 0) is 0 Å². The van der Waals surface area contributed by atoms with E-state index >= 15 is 0 Å². The van der Waals surface area contributed by atoms with Crippen LogP contribution in [0.15, 0.2) is 24.5 Å². The smallest absolute Gasteiger partial charge is 0.163 e. The highest BCUT2D eigenvalue weighted by atomic mass is 15.0. The molecule has 0 aliphatic heterocycles. The molecule has 0 spiro atoms. The monoisotopic (exact) mass is 242 g/mol. The summed E-state index contributed by atoms with van der Waals surface area (Å²) < 4.78 is 0. The maximum atomic E-state index is 4.54. The molecule has 0 saturated heterocycles. The van der Waals surface area contributed by atoms with Crippen molar-refractivity contribution in [1.82, 2.24) is 15.0 Å². The van der Waals surface area contributed by atoms with Gasteiger partial charge in [-0.25, -0.2) is 9.97 Å². The molecule has 2 aromatic heterocycles. The second-order valence-electron chi connectivity index (χ2n) is 4.34. The first-order valence-electron chi connectivity index (χ1n) is 6.21. The molecule has 4 heteroatoms. The highest BCUT2D eigenvalue weighted by Crippen LogP contribution is 2.20. The lowest BCUT2D eigenvalue weighted by Crippen LogP contribution is -2.04. The lowest BCUT2D eigenvalue weighted by Gasteiger charge is -2.08. The van der Waals surface area contributed by atoms with Crippen LogP contribution in [0.25, 0.3) is 11.4 Å². The minimum Gasteiger partial charge on any atom is -0.370 e. The van der Waals surface area contributed by atoms with Gasteiger partial charge in [0.15, 0.2) is 5.82 Å². The number of pyridine rings is 1. The maximum absolute atomic E-state index is 4.54. The van der Waals surface area contributed by atoms with Gasteiger partial charge in [-0.1, -0.05) is 6.92 Å². The van der Waals surface area contributed by atoms with Crippen LogP contribution in [0.3, 0.4) is 0 Å². The number of aromatic nitrogens is 3. The van der Waals surface area contributed by atoms with Crippen LogP contribution in [0.5, 0.6) is 0 Å². The molecule has 2 rings (SSSR count). The third-order valence-electron chi connectivity index (χ3n) is 2.69. The van der Waals surface area contributed by atoms with Crippen molar-refractivity contribution in [3.8, 4) is 11.4 Å². The van der Waals surface area contributed by atoms with Crippen LogP contribution >= 0.6 is 0 Å². The topological polar surface area (TPSA) is 50.7 Å². The Labute approximate surface area is 108 Å². The largest absolute Gasteiger partial charge is 0.370 e. The number of hydrogen-bond acceptors (Lipinski definition) is 4. The normalized spacial score (nSPS) is 10.4. The van der Waals surface area contributed by atoms with E-state index < -0.39 is 0 Å². The van der Waals surface area contributed by atoms with Gasteiger partial charge in [-0.15, -0.1) is 0 Å². The molecule has 2 aromatic rings. The third-order valence-corrected chi connectivity index (χ3v) is 2.69. The fourth-order valence-electron chi connectivity index (χ4n) is 1.73. The Kier molecular flexibility index (Phi) is 3.87. The molecule has 94 valence electrons. The number of nitrogens with one attached hydrogen (secondary N) is 1. The SMILES string of the molecule is CCCNc1cc(C)nc(-c2cnccc2C)n1. The summed E-state index contributed by atoms with van der Waals surface area (Å²) in [4.78, 5) is 13.2. The number of nitrogens with zero attached hydrogens (tertiary/aromatic N) is 3. The zero-order chi connectivity index (χ0) is 13.0. The van der Waals surface area contributed by atoms with E-state index in [1.54, 1.807) is 6.20 Å². The quantitative estimate of drug-likeness (QED) is 0.895. The average Bonchev–Trinajstić information content (AvgIpc) is 2.36. The Hall–Kier alpha value is -1.97. The van der Waals surface area contributed by atoms with Gasteiger partial charge in [0.25, 0.3) is 0 Å². The molecule has 1 N–H and O–H groups in total. The first-order valence-corrected chi connectivity index (χ1v) is 6.21. The summed E-state index contributed by atoms with van der Waals surface area (Å²) in [6.07, 6.45) is 4.67. The number of anilines is 1. The van der Waals surface area contributed by atoms with Crippen molar-refractivity contribution in [3.63, 3.8) is 0 Å². The van der Waals surface area contributed by atoms with Gasteiger partial charge in [-0.3, -0.25) is 4.98 Å². The van der Waals surface area contributed by atoms with Gasteiger partial charge < -0.3 is 5.32 Å². The summed E-state index contributed by atoms with van der Waals surface area (Å²) in [5, 5.41) is 3.29. The summed E-state index contributed by atoms with van der Waals surface area (Å²) in [5.41, 5.74) is 3.08. The van der Waals surface area contributed by atoms with Gasteiger partial charge in [0.1, 0.15) is 5.82 Å². The number of aryl methyl sites for hydroxylation is 2. The molecule has 0 aliphatic carbocycles. The van der Waals surface area contributed by atoms with Crippen molar-refractivity contribution >= 4 is 5.82 Å². The summed E-state index contributed by atoms with van der Waals surface area (Å²) in [6.45, 7) is 7.07. The van der Waals surface area contributed by atoms with E-state index in [1.807, 2.05) is 32.2 Å². The Bertz CT molecular complexity index is 537. The summed E-state index contributed by atoms with van der Waals surface area (Å²) in [6, 6.07) is 3.94. The molecule has 0 fully saturated rings. The molecule has 0 amide bonds. The molecule has 0 aromatic carbocycles. The Balaban J connectivity index is 2.39. The van der Waals surface area contributed by atoms with E-state index in [0.29, 0.717) is 0 Å². The summed E-state index contributed by atoms with van der Waals surface area (Å²) in [7, 11) is 0. The molecular weight excluding hydrogens is 224 g/mol. The maximum Gasteiger partial charge on any atom is 0.163 e. The van der Waals surface area contributed by atoms with Gasteiger partial charge >= 0.3 is 0 Å². The van der Waals surface area contributed by atoms with Crippen molar-refractivity contribution in [3.05, 3.63) is 35.8 Å². The van der Waals surface area contributed by atoms with Crippen molar-refractivity contribution in [2.24, 2.45) is 0 Å². The standard InChI is InChI=1S/C14H18N4/c1-4-6-16-13-8-11(3)17-14(18-13)12-9-15-7-5-10(12)2/h5,7-9H,4,6H2,1-3H3,(H,16,17,18). The van der Waals surface area contributed by atoms with Crippen LogP contribution in [0.1, 0.15) is 24.6 Å². The second-order valence-corrected chi connectivity index (χ2v) is 4.34. The van der Waals surface area contributed by atoms with E-state index in [2.05, 4.69) is 27.2 Å². The number of rotatable bonds is 4. The van der Waals surface area contributed by atoms with Gasteiger partial charge in [-0.2, -0.15) is 0 Å². The molecule has 2 heterocycles. The Morgan fingerprint density at radius 3 is 2.78 bits per heavy atom. The van der Waals surface area contributed by atoms with E-state index in [9.17, 15) is 0 Å². The second kappa shape index (κ2) is 5.58. The Morgan fingerprint density at radius 2 is 2.06 bits per heavy atom. The lowest BCUT2D eigenvalue weighted by molar-refractivity contribution is 0.962. The molecule has 0 bridgehead atoms. The first kappa shape index (κ1) is 12.5. The highest BCUT2D eigenvalue weighted by Gasteiger charge is 2.07. The molecule has 0 aliphatic rings. The van der Waals surface area contributed by atoms with Gasteiger partial charge in [0.2, 0.25) is 0 Å². The predicted octanol–water partition coefficient (Wildman–Crippen LogP) is 2.98. The lowest BCUT2D eigenvalue weighted by atomic mass is 10.1. The molecule has 18 heavy (non-hydrogen) atoms. The van der Waals surface area contributed by atoms with Crippen LogP contribution < -0.4 is 5.32 Å². The number of hydrogen-bond donors (Lipinski definition) is 1. The highest BCUT2D eigenvalue weighted by molar-refractivity contribution is 5.60. The molecule has 0 saturated carbocycles. The minimum atomic E-state index is 0.735. The fraction of sp³-hybridized carbons (Fsp3) is 0.357. The van der Waals surface area contributed by atoms with Crippen LogP contribution in [-0.4, -0.2) is 21.5 Å². The van der Waals surface area contributed by atoms with Gasteiger partial charge in [0.05, 0.1) is 0 Å². The van der Waals surface area contributed by atoms with Crippen molar-refractivity contribution in [1.29, 1.82) is 0 Å². The molecule has 0 radical (unpaired) electrons. The zero-order valence-electron chi connectivity index (χ0n) is 11.1. The third kappa shape index (κ3) is 2.83. The van der Waals surface area contributed by atoms with Crippen LogP contribution in [0, 0.1) is 13.8 Å². The van der Waals surface area contributed by atoms with Crippen LogP contribution in [0.2, 0.25) is 0 Å². The molecule has 4 nitrogen and oxygen atoms in total. The molecular formula is C14H18N4.